The van der Waals surface area contributed by atoms with E-state index in [9.17, 15) is 0 Å². The third kappa shape index (κ3) is 5.16. The Hall–Kier alpha value is -1.02. The number of nitrogens with one attached hydrogen (secondary N) is 1. The molecule has 0 aliphatic heterocycles. The average molecular weight is 277 g/mol. The molecule has 0 heterocycles. The molecule has 0 fully saturated rings. The van der Waals surface area contributed by atoms with Gasteiger partial charge in [-0.2, -0.15) is 0 Å². The highest BCUT2D eigenvalue weighted by Crippen LogP contribution is 2.32. The first-order valence-electron chi connectivity index (χ1n) is 7.87. The molecule has 2 heteroatoms. The molecule has 1 atom stereocenters. The van der Waals surface area contributed by atoms with Crippen LogP contribution in [-0.2, 0) is 5.41 Å². The SMILES string of the molecule is CCCNCC(CC)Oc1ccc(C)cc1C(C)(C)C. The Morgan fingerprint density at radius 1 is 1.20 bits per heavy atom. The Morgan fingerprint density at radius 2 is 1.90 bits per heavy atom. The van der Waals surface area contributed by atoms with Crippen LogP contribution < -0.4 is 10.1 Å². The molecule has 0 bridgehead atoms. The molecule has 1 aromatic carbocycles. The summed E-state index contributed by atoms with van der Waals surface area (Å²) < 4.78 is 6.26. The van der Waals surface area contributed by atoms with E-state index in [0.717, 1.165) is 31.7 Å². The molecule has 1 rings (SSSR count). The second-order valence-electron chi connectivity index (χ2n) is 6.60. The minimum absolute atomic E-state index is 0.108. The highest BCUT2D eigenvalue weighted by Gasteiger charge is 2.20. The van der Waals surface area contributed by atoms with E-state index in [-0.39, 0.29) is 11.5 Å². The van der Waals surface area contributed by atoms with Crippen LogP contribution in [0.15, 0.2) is 18.2 Å². The van der Waals surface area contributed by atoms with Crippen molar-refractivity contribution in [3.05, 3.63) is 29.3 Å². The van der Waals surface area contributed by atoms with Gasteiger partial charge in [0.25, 0.3) is 0 Å². The van der Waals surface area contributed by atoms with E-state index in [4.69, 9.17) is 4.74 Å². The third-order valence-electron chi connectivity index (χ3n) is 3.49. The largest absolute Gasteiger partial charge is 0.489 e. The van der Waals surface area contributed by atoms with E-state index < -0.39 is 0 Å². The second-order valence-corrected chi connectivity index (χ2v) is 6.60. The van der Waals surface area contributed by atoms with Crippen molar-refractivity contribution in [2.24, 2.45) is 0 Å². The molecule has 1 N–H and O–H groups in total. The van der Waals surface area contributed by atoms with Crippen molar-refractivity contribution < 1.29 is 4.74 Å². The molecule has 0 aliphatic carbocycles. The van der Waals surface area contributed by atoms with Crippen LogP contribution in [0.3, 0.4) is 0 Å². The number of hydrogen-bond donors (Lipinski definition) is 1. The zero-order valence-electron chi connectivity index (χ0n) is 14.0. The number of benzene rings is 1. The molecule has 0 saturated carbocycles. The molecule has 0 amide bonds. The van der Waals surface area contributed by atoms with Gasteiger partial charge in [0, 0.05) is 6.54 Å². The van der Waals surface area contributed by atoms with Gasteiger partial charge >= 0.3 is 0 Å². The molecular formula is C18H31NO. The Kier molecular flexibility index (Phi) is 6.54. The summed E-state index contributed by atoms with van der Waals surface area (Å²) in [5.74, 6) is 1.04. The molecule has 114 valence electrons. The summed E-state index contributed by atoms with van der Waals surface area (Å²) in [6, 6.07) is 6.51. The fraction of sp³-hybridized carbons (Fsp3) is 0.667. The highest BCUT2D eigenvalue weighted by molar-refractivity contribution is 5.41. The van der Waals surface area contributed by atoms with Crippen molar-refractivity contribution in [2.45, 2.75) is 65.9 Å². The van der Waals surface area contributed by atoms with E-state index in [2.05, 4.69) is 65.1 Å². The van der Waals surface area contributed by atoms with Crippen molar-refractivity contribution in [3.63, 3.8) is 0 Å². The summed E-state index contributed by atoms with van der Waals surface area (Å²) >= 11 is 0. The number of aryl methyl sites for hydroxylation is 1. The maximum absolute atomic E-state index is 6.26. The molecule has 1 aromatic rings. The van der Waals surface area contributed by atoms with E-state index in [0.29, 0.717) is 0 Å². The minimum atomic E-state index is 0.108. The maximum atomic E-state index is 6.26. The standard InChI is InChI=1S/C18H31NO/c1-7-11-19-13-15(8-2)20-17-10-9-14(3)12-16(17)18(4,5)6/h9-10,12,15,19H,7-8,11,13H2,1-6H3. The molecule has 0 aromatic heterocycles. The van der Waals surface area contributed by atoms with Crippen molar-refractivity contribution >= 4 is 0 Å². The number of hydrogen-bond acceptors (Lipinski definition) is 2. The molecule has 1 unspecified atom stereocenters. The van der Waals surface area contributed by atoms with E-state index >= 15 is 0 Å². The minimum Gasteiger partial charge on any atom is -0.489 e. The molecule has 0 saturated heterocycles. The summed E-state index contributed by atoms with van der Waals surface area (Å²) in [5, 5.41) is 3.45. The van der Waals surface area contributed by atoms with Gasteiger partial charge in [-0.25, -0.2) is 0 Å². The van der Waals surface area contributed by atoms with Crippen LogP contribution >= 0.6 is 0 Å². The van der Waals surface area contributed by atoms with Gasteiger partial charge in [0.15, 0.2) is 0 Å². The van der Waals surface area contributed by atoms with Crippen LogP contribution in [0.4, 0.5) is 0 Å². The third-order valence-corrected chi connectivity index (χ3v) is 3.49. The van der Waals surface area contributed by atoms with Gasteiger partial charge in [-0.1, -0.05) is 52.3 Å². The Bertz CT molecular complexity index is 406. The van der Waals surface area contributed by atoms with Gasteiger partial charge in [-0.15, -0.1) is 0 Å². The first-order valence-corrected chi connectivity index (χ1v) is 7.87. The first kappa shape index (κ1) is 17.0. The Labute approximate surface area is 124 Å². The first-order chi connectivity index (χ1) is 9.38. The van der Waals surface area contributed by atoms with Crippen molar-refractivity contribution in [2.75, 3.05) is 13.1 Å². The molecular weight excluding hydrogens is 246 g/mol. The van der Waals surface area contributed by atoms with Crippen LogP contribution in [0.1, 0.15) is 58.6 Å². The summed E-state index contributed by atoms with van der Waals surface area (Å²) in [5.41, 5.74) is 2.70. The maximum Gasteiger partial charge on any atom is 0.123 e. The van der Waals surface area contributed by atoms with Gasteiger partial charge < -0.3 is 10.1 Å². The Morgan fingerprint density at radius 3 is 2.45 bits per heavy atom. The van der Waals surface area contributed by atoms with Crippen LogP contribution in [-0.4, -0.2) is 19.2 Å². The zero-order chi connectivity index (χ0) is 15.2. The lowest BCUT2D eigenvalue weighted by atomic mass is 9.85. The molecule has 0 aliphatic rings. The summed E-state index contributed by atoms with van der Waals surface area (Å²) in [6.45, 7) is 15.2. The quantitative estimate of drug-likeness (QED) is 0.743. The van der Waals surface area contributed by atoms with Gasteiger partial charge in [0.2, 0.25) is 0 Å². The lowest BCUT2D eigenvalue weighted by Gasteiger charge is -2.26. The van der Waals surface area contributed by atoms with Gasteiger partial charge in [0.05, 0.1) is 0 Å². The van der Waals surface area contributed by atoms with E-state index in [1.165, 1.54) is 11.1 Å². The molecule has 0 spiro atoms. The number of ether oxygens (including phenoxy) is 1. The van der Waals surface area contributed by atoms with Gasteiger partial charge in [-0.3, -0.25) is 0 Å². The van der Waals surface area contributed by atoms with Crippen LogP contribution in [0.2, 0.25) is 0 Å². The normalized spacial score (nSPS) is 13.3. The smallest absolute Gasteiger partial charge is 0.123 e. The monoisotopic (exact) mass is 277 g/mol. The predicted molar refractivity (Wildman–Crippen MR) is 87.7 cm³/mol. The fourth-order valence-electron chi connectivity index (χ4n) is 2.22. The van der Waals surface area contributed by atoms with Crippen LogP contribution in [0.25, 0.3) is 0 Å². The fourth-order valence-corrected chi connectivity index (χ4v) is 2.22. The highest BCUT2D eigenvalue weighted by atomic mass is 16.5. The summed E-state index contributed by atoms with van der Waals surface area (Å²) in [4.78, 5) is 0. The van der Waals surface area contributed by atoms with E-state index in [1.807, 2.05) is 0 Å². The van der Waals surface area contributed by atoms with Crippen molar-refractivity contribution in [1.29, 1.82) is 0 Å². The predicted octanol–water partition coefficient (Wildman–Crippen LogP) is 4.45. The summed E-state index contributed by atoms with van der Waals surface area (Å²) in [7, 11) is 0. The molecule has 0 radical (unpaired) electrons. The van der Waals surface area contributed by atoms with Crippen molar-refractivity contribution in [3.8, 4) is 5.75 Å². The van der Waals surface area contributed by atoms with Gasteiger partial charge in [-0.05, 0) is 43.4 Å². The van der Waals surface area contributed by atoms with Gasteiger partial charge in [0.1, 0.15) is 11.9 Å². The van der Waals surface area contributed by atoms with E-state index in [1.54, 1.807) is 0 Å². The van der Waals surface area contributed by atoms with Crippen LogP contribution in [0, 0.1) is 6.92 Å². The molecule has 2 nitrogen and oxygen atoms in total. The lowest BCUT2D eigenvalue weighted by Crippen LogP contribution is -2.32. The molecule has 20 heavy (non-hydrogen) atoms. The van der Waals surface area contributed by atoms with Crippen molar-refractivity contribution in [1.82, 2.24) is 5.32 Å². The van der Waals surface area contributed by atoms with Crippen LogP contribution in [0.5, 0.6) is 5.75 Å². The Balaban J connectivity index is 2.84. The topological polar surface area (TPSA) is 21.3 Å². The summed E-state index contributed by atoms with van der Waals surface area (Å²) in [6.07, 6.45) is 2.42. The zero-order valence-corrected chi connectivity index (χ0v) is 14.0. The second kappa shape index (κ2) is 7.68. The number of rotatable bonds is 7. The average Bonchev–Trinajstić information content (AvgIpc) is 2.38. The lowest BCUT2D eigenvalue weighted by molar-refractivity contribution is 0.189.